The third kappa shape index (κ3) is 4.10. The highest BCUT2D eigenvalue weighted by atomic mass is 16.5. The Morgan fingerprint density at radius 3 is 3.00 bits per heavy atom. The maximum absolute atomic E-state index is 11.8. The Balaban J connectivity index is 2.39. The molecule has 2 atom stereocenters. The summed E-state index contributed by atoms with van der Waals surface area (Å²) in [5.41, 5.74) is 5.40. The number of nitrogens with one attached hydrogen (secondary N) is 1. The summed E-state index contributed by atoms with van der Waals surface area (Å²) in [5.74, 6) is 0.112. The number of hydrogen-bond acceptors (Lipinski definition) is 4. The van der Waals surface area contributed by atoms with E-state index in [0.717, 1.165) is 6.42 Å². The first-order valence-electron chi connectivity index (χ1n) is 5.62. The summed E-state index contributed by atoms with van der Waals surface area (Å²) in [6, 6.07) is -0.215. The molecule has 0 aromatic rings. The average molecular weight is 244 g/mol. The number of carbonyl (C=O) groups is 1. The molecular weight excluding hydrogens is 224 g/mol. The molecule has 2 amide bonds. The van der Waals surface area contributed by atoms with E-state index in [2.05, 4.69) is 10.5 Å². The Labute approximate surface area is 101 Å². The molecule has 0 saturated carbocycles. The number of nitrogens with zero attached hydrogens (tertiary/aromatic N) is 2. The lowest BCUT2D eigenvalue weighted by Gasteiger charge is -2.26. The van der Waals surface area contributed by atoms with Crippen LogP contribution in [-0.4, -0.2) is 54.3 Å². The lowest BCUT2D eigenvalue weighted by atomic mass is 10.2. The highest BCUT2D eigenvalue weighted by molar-refractivity contribution is 5.81. The van der Waals surface area contributed by atoms with Crippen molar-refractivity contribution < 1.29 is 14.7 Å². The van der Waals surface area contributed by atoms with E-state index in [4.69, 9.17) is 15.7 Å². The maximum Gasteiger partial charge on any atom is 0.317 e. The molecule has 0 radical (unpaired) electrons. The van der Waals surface area contributed by atoms with Gasteiger partial charge in [0, 0.05) is 26.1 Å². The standard InChI is InChI=1S/C10H20N4O3/c1-7(5-9(11)13-16)14(2)10(15)12-8-3-4-17-6-8/h7-8,16H,3-6H2,1-2H3,(H2,11,13)(H,12,15). The van der Waals surface area contributed by atoms with Gasteiger partial charge >= 0.3 is 6.03 Å². The molecule has 0 aromatic carbocycles. The maximum atomic E-state index is 11.8. The van der Waals surface area contributed by atoms with Crippen LogP contribution in [0.5, 0.6) is 0 Å². The largest absolute Gasteiger partial charge is 0.409 e. The predicted octanol–water partition coefficient (Wildman–Crippen LogP) is -0.0583. The second kappa shape index (κ2) is 6.29. The third-order valence-corrected chi connectivity index (χ3v) is 2.87. The van der Waals surface area contributed by atoms with Gasteiger partial charge in [0.1, 0.15) is 5.84 Å². The monoisotopic (exact) mass is 244 g/mol. The van der Waals surface area contributed by atoms with Crippen molar-refractivity contribution in [2.45, 2.75) is 31.8 Å². The fourth-order valence-corrected chi connectivity index (χ4v) is 1.61. The molecule has 98 valence electrons. The van der Waals surface area contributed by atoms with Gasteiger partial charge in [-0.3, -0.25) is 0 Å². The SMILES string of the molecule is CC(CC(N)=NO)N(C)C(=O)NC1CCOC1. The lowest BCUT2D eigenvalue weighted by Crippen LogP contribution is -2.47. The Kier molecular flexibility index (Phi) is 5.02. The number of amides is 2. The molecule has 1 aliphatic heterocycles. The number of oxime groups is 1. The molecule has 1 heterocycles. The van der Waals surface area contributed by atoms with Crippen LogP contribution in [0.1, 0.15) is 19.8 Å². The number of hydrogen-bond donors (Lipinski definition) is 3. The van der Waals surface area contributed by atoms with E-state index in [1.807, 2.05) is 6.92 Å². The predicted molar refractivity (Wildman–Crippen MR) is 63.0 cm³/mol. The van der Waals surface area contributed by atoms with Crippen LogP contribution in [0.2, 0.25) is 0 Å². The number of amidine groups is 1. The minimum atomic E-state index is -0.168. The van der Waals surface area contributed by atoms with Gasteiger partial charge in [0.25, 0.3) is 0 Å². The third-order valence-electron chi connectivity index (χ3n) is 2.87. The van der Waals surface area contributed by atoms with E-state index in [9.17, 15) is 4.79 Å². The molecule has 7 nitrogen and oxygen atoms in total. The van der Waals surface area contributed by atoms with Crippen molar-refractivity contribution in [2.75, 3.05) is 20.3 Å². The number of urea groups is 1. The molecule has 2 unspecified atom stereocenters. The van der Waals surface area contributed by atoms with Gasteiger partial charge in [0.2, 0.25) is 0 Å². The smallest absolute Gasteiger partial charge is 0.317 e. The molecule has 4 N–H and O–H groups in total. The van der Waals surface area contributed by atoms with Gasteiger partial charge in [-0.25, -0.2) is 4.79 Å². The second-order valence-electron chi connectivity index (χ2n) is 4.27. The zero-order valence-corrected chi connectivity index (χ0v) is 10.2. The number of carbonyl (C=O) groups excluding carboxylic acids is 1. The molecule has 0 aliphatic carbocycles. The van der Waals surface area contributed by atoms with E-state index < -0.39 is 0 Å². The van der Waals surface area contributed by atoms with Crippen molar-refractivity contribution in [3.63, 3.8) is 0 Å². The topological polar surface area (TPSA) is 100 Å². The average Bonchev–Trinajstić information content (AvgIpc) is 2.80. The molecule has 1 fully saturated rings. The minimum absolute atomic E-state index is 0.0843. The van der Waals surface area contributed by atoms with Crippen LogP contribution in [-0.2, 0) is 4.74 Å². The highest BCUT2D eigenvalue weighted by Gasteiger charge is 2.22. The van der Waals surface area contributed by atoms with E-state index in [1.165, 1.54) is 4.90 Å². The molecule has 0 aromatic heterocycles. The van der Waals surface area contributed by atoms with E-state index in [1.54, 1.807) is 7.05 Å². The van der Waals surface area contributed by atoms with Crippen LogP contribution < -0.4 is 11.1 Å². The number of ether oxygens (including phenoxy) is 1. The van der Waals surface area contributed by atoms with Crippen LogP contribution in [0.15, 0.2) is 5.16 Å². The summed E-state index contributed by atoms with van der Waals surface area (Å²) in [4.78, 5) is 13.4. The molecule has 1 rings (SSSR count). The summed E-state index contributed by atoms with van der Waals surface area (Å²) in [6.07, 6.45) is 1.18. The minimum Gasteiger partial charge on any atom is -0.409 e. The van der Waals surface area contributed by atoms with E-state index >= 15 is 0 Å². The van der Waals surface area contributed by atoms with Crippen molar-refractivity contribution >= 4 is 11.9 Å². The summed E-state index contributed by atoms with van der Waals surface area (Å²) in [6.45, 7) is 3.09. The molecule has 1 saturated heterocycles. The van der Waals surface area contributed by atoms with E-state index in [0.29, 0.717) is 19.6 Å². The number of rotatable bonds is 4. The Morgan fingerprint density at radius 1 is 1.76 bits per heavy atom. The normalized spacial score (nSPS) is 22.2. The first-order chi connectivity index (χ1) is 8.04. The van der Waals surface area contributed by atoms with Crippen LogP contribution >= 0.6 is 0 Å². The summed E-state index contributed by atoms with van der Waals surface area (Å²) in [7, 11) is 1.68. The zero-order valence-electron chi connectivity index (χ0n) is 10.2. The van der Waals surface area contributed by atoms with Crippen molar-refractivity contribution in [2.24, 2.45) is 10.9 Å². The van der Waals surface area contributed by atoms with Gasteiger partial charge in [-0.05, 0) is 13.3 Å². The van der Waals surface area contributed by atoms with Gasteiger partial charge in [0.15, 0.2) is 0 Å². The first kappa shape index (κ1) is 13.6. The van der Waals surface area contributed by atoms with Crippen LogP contribution in [0.3, 0.4) is 0 Å². The van der Waals surface area contributed by atoms with Gasteiger partial charge in [-0.1, -0.05) is 5.16 Å². The fraction of sp³-hybridized carbons (Fsp3) is 0.800. The zero-order chi connectivity index (χ0) is 12.8. The number of nitrogens with two attached hydrogens (primary N) is 1. The Bertz CT molecular complexity index is 289. The highest BCUT2D eigenvalue weighted by Crippen LogP contribution is 2.06. The second-order valence-corrected chi connectivity index (χ2v) is 4.27. The molecule has 0 spiro atoms. The van der Waals surface area contributed by atoms with Crippen LogP contribution in [0.4, 0.5) is 4.79 Å². The van der Waals surface area contributed by atoms with E-state index in [-0.39, 0.29) is 24.0 Å². The van der Waals surface area contributed by atoms with Gasteiger partial charge in [-0.2, -0.15) is 0 Å². The van der Waals surface area contributed by atoms with Crippen molar-refractivity contribution in [3.05, 3.63) is 0 Å². The molecule has 1 aliphatic rings. The Morgan fingerprint density at radius 2 is 2.47 bits per heavy atom. The molecule has 7 heteroatoms. The first-order valence-corrected chi connectivity index (χ1v) is 5.62. The van der Waals surface area contributed by atoms with Crippen molar-refractivity contribution in [1.29, 1.82) is 0 Å². The quantitative estimate of drug-likeness (QED) is 0.279. The van der Waals surface area contributed by atoms with Gasteiger partial charge in [0.05, 0.1) is 12.6 Å². The molecule has 0 bridgehead atoms. The van der Waals surface area contributed by atoms with Crippen LogP contribution in [0, 0.1) is 0 Å². The molecular formula is C10H20N4O3. The lowest BCUT2D eigenvalue weighted by molar-refractivity contribution is 0.176. The molecule has 17 heavy (non-hydrogen) atoms. The fourth-order valence-electron chi connectivity index (χ4n) is 1.61. The van der Waals surface area contributed by atoms with Gasteiger partial charge < -0.3 is 25.9 Å². The van der Waals surface area contributed by atoms with Crippen molar-refractivity contribution in [1.82, 2.24) is 10.2 Å². The van der Waals surface area contributed by atoms with Crippen LogP contribution in [0.25, 0.3) is 0 Å². The van der Waals surface area contributed by atoms with Gasteiger partial charge in [-0.15, -0.1) is 0 Å². The summed E-state index contributed by atoms with van der Waals surface area (Å²) >= 11 is 0. The summed E-state index contributed by atoms with van der Waals surface area (Å²) < 4.78 is 5.17. The Hall–Kier alpha value is -1.50. The summed E-state index contributed by atoms with van der Waals surface area (Å²) in [5, 5.41) is 14.2. The van der Waals surface area contributed by atoms with Crippen molar-refractivity contribution in [3.8, 4) is 0 Å².